The predicted octanol–water partition coefficient (Wildman–Crippen LogP) is -0.574. The first kappa shape index (κ1) is 25.3. The normalized spacial score (nSPS) is 15.4. The van der Waals surface area contributed by atoms with Crippen LogP contribution in [0.25, 0.3) is 28.1 Å². The zero-order valence-electron chi connectivity index (χ0n) is 18.3. The summed E-state index contributed by atoms with van der Waals surface area (Å²) in [6, 6.07) is 13.2. The van der Waals surface area contributed by atoms with Crippen LogP contribution in [0.2, 0.25) is 0 Å². The number of hydrogen-bond donors (Lipinski definition) is 2. The van der Waals surface area contributed by atoms with Gasteiger partial charge in [0.15, 0.2) is 0 Å². The Bertz CT molecular complexity index is 1180. The molecule has 6 nitrogen and oxygen atoms in total. The molecule has 1 aliphatic carbocycles. The van der Waals surface area contributed by atoms with Crippen LogP contribution < -0.4 is 39.4 Å². The molecule has 0 bridgehead atoms. The first-order valence-corrected chi connectivity index (χ1v) is 10.5. The molecule has 2 N–H and O–H groups in total. The summed E-state index contributed by atoms with van der Waals surface area (Å²) in [5, 5.41) is 44.7. The van der Waals surface area contributed by atoms with Crippen molar-refractivity contribution in [2.24, 2.45) is 0 Å². The van der Waals surface area contributed by atoms with Crippen molar-refractivity contribution in [2.75, 3.05) is 0 Å². The van der Waals surface area contributed by atoms with E-state index in [0.29, 0.717) is 22.2 Å². The van der Waals surface area contributed by atoms with Gasteiger partial charge < -0.3 is 25.3 Å². The third-order valence-electron chi connectivity index (χ3n) is 5.65. The molecule has 3 aromatic rings. The number of nitrogens with zero attached hydrogens (tertiary/aromatic N) is 1. The van der Waals surface area contributed by atoms with Gasteiger partial charge in [-0.25, -0.2) is 4.39 Å². The van der Waals surface area contributed by atoms with Crippen LogP contribution in [-0.2, 0) is 4.79 Å². The molecule has 8 heteroatoms. The minimum absolute atomic E-state index is 0. The first-order chi connectivity index (χ1) is 15.3. The number of carbonyl (C=O) groups is 1. The maximum Gasteiger partial charge on any atom is 1.00 e. The topological polar surface area (TPSA) is 108 Å². The van der Waals surface area contributed by atoms with Gasteiger partial charge in [0.25, 0.3) is 0 Å². The zero-order chi connectivity index (χ0) is 22.8. The minimum atomic E-state index is -1.40. The van der Waals surface area contributed by atoms with E-state index in [4.69, 9.17) is 0 Å². The minimum Gasteiger partial charge on any atom is -0.618 e. The fourth-order valence-electron chi connectivity index (χ4n) is 4.05. The van der Waals surface area contributed by atoms with Crippen LogP contribution in [-0.4, -0.2) is 28.4 Å². The van der Waals surface area contributed by atoms with E-state index in [1.807, 2.05) is 12.1 Å². The fraction of sp³-hybridized carbons (Fsp3) is 0.280. The third kappa shape index (κ3) is 5.80. The molecule has 2 aromatic carbocycles. The van der Waals surface area contributed by atoms with E-state index in [2.05, 4.69) is 0 Å². The summed E-state index contributed by atoms with van der Waals surface area (Å²) in [5.41, 5.74) is 3.21. The van der Waals surface area contributed by atoms with Crippen LogP contribution in [0.3, 0.4) is 0 Å². The van der Waals surface area contributed by atoms with Gasteiger partial charge in [-0.05, 0) is 42.7 Å². The van der Waals surface area contributed by atoms with E-state index in [0.717, 1.165) is 28.7 Å². The van der Waals surface area contributed by atoms with Crippen molar-refractivity contribution in [1.82, 2.24) is 0 Å². The summed E-state index contributed by atoms with van der Waals surface area (Å²) in [7, 11) is 0. The monoisotopic (exact) mass is 459 g/mol. The Hall–Kier alpha value is -2.29. The molecule has 0 unspecified atom stereocenters. The number of aliphatic hydroxyl groups is 2. The van der Waals surface area contributed by atoms with Crippen molar-refractivity contribution in [2.45, 2.75) is 43.8 Å². The number of carbonyl (C=O) groups excluding carboxylic acids is 1. The SMILES string of the molecule is O=C([O-])C[C@H](O)C[C@H](O)/C=C/c1c(-c2ccc(F)cc2)c2ccccc2[n+]([O-])c1C1CC1.[Na+]. The Labute approximate surface area is 212 Å². The molecule has 0 radical (unpaired) electrons. The number of aliphatic hydroxyl groups excluding tert-OH is 2. The Balaban J connectivity index is 0.00000306. The molecule has 1 saturated carbocycles. The van der Waals surface area contributed by atoms with Gasteiger partial charge in [0, 0.05) is 36.4 Å². The van der Waals surface area contributed by atoms with Gasteiger partial charge in [0.1, 0.15) is 5.82 Å². The number of pyridine rings is 1. The Kier molecular flexibility index (Phi) is 8.26. The maximum atomic E-state index is 13.6. The van der Waals surface area contributed by atoms with Crippen molar-refractivity contribution in [3.8, 4) is 11.1 Å². The van der Waals surface area contributed by atoms with Crippen LogP contribution in [0.5, 0.6) is 0 Å². The number of halogens is 1. The van der Waals surface area contributed by atoms with E-state index in [-0.39, 0.29) is 47.7 Å². The van der Waals surface area contributed by atoms with Crippen LogP contribution >= 0.6 is 0 Å². The molecule has 4 rings (SSSR count). The van der Waals surface area contributed by atoms with Crippen molar-refractivity contribution in [3.63, 3.8) is 0 Å². The van der Waals surface area contributed by atoms with E-state index in [1.54, 1.807) is 30.3 Å². The second kappa shape index (κ2) is 10.8. The van der Waals surface area contributed by atoms with E-state index < -0.39 is 24.6 Å². The van der Waals surface area contributed by atoms with Gasteiger partial charge >= 0.3 is 29.6 Å². The summed E-state index contributed by atoms with van der Waals surface area (Å²) in [4.78, 5) is 10.6. The van der Waals surface area contributed by atoms with E-state index in [1.165, 1.54) is 18.2 Å². The number of fused-ring (bicyclic) bond motifs is 1. The number of benzene rings is 2. The number of aliphatic carboxylic acids is 1. The maximum absolute atomic E-state index is 13.6. The molecular formula is C25H23FNNaO5. The number of rotatable bonds is 8. The molecule has 1 fully saturated rings. The van der Waals surface area contributed by atoms with Crippen LogP contribution in [0, 0.1) is 11.0 Å². The molecular weight excluding hydrogens is 436 g/mol. The summed E-state index contributed by atoms with van der Waals surface area (Å²) in [5.74, 6) is -1.69. The van der Waals surface area contributed by atoms with E-state index in [9.17, 15) is 29.7 Å². The molecule has 0 spiro atoms. The Morgan fingerprint density at radius 3 is 2.45 bits per heavy atom. The molecule has 0 aliphatic heterocycles. The number of aromatic nitrogens is 1. The molecule has 1 aromatic heterocycles. The molecule has 0 saturated heterocycles. The average molecular weight is 459 g/mol. The second-order valence-corrected chi connectivity index (χ2v) is 8.16. The first-order valence-electron chi connectivity index (χ1n) is 10.5. The molecule has 1 aliphatic rings. The largest absolute Gasteiger partial charge is 1.00 e. The quantitative estimate of drug-likeness (QED) is 0.267. The van der Waals surface area contributed by atoms with Gasteiger partial charge in [-0.2, -0.15) is 4.73 Å². The van der Waals surface area contributed by atoms with Gasteiger partial charge in [0.05, 0.1) is 23.2 Å². The van der Waals surface area contributed by atoms with E-state index >= 15 is 0 Å². The van der Waals surface area contributed by atoms with Crippen molar-refractivity contribution >= 4 is 22.9 Å². The second-order valence-electron chi connectivity index (χ2n) is 8.16. The molecule has 166 valence electrons. The number of para-hydroxylation sites is 1. The van der Waals surface area contributed by atoms with Crippen molar-refractivity contribution < 1.29 is 58.8 Å². The predicted molar refractivity (Wildman–Crippen MR) is 116 cm³/mol. The summed E-state index contributed by atoms with van der Waals surface area (Å²) >= 11 is 0. The number of hydrogen-bond acceptors (Lipinski definition) is 5. The molecule has 33 heavy (non-hydrogen) atoms. The summed E-state index contributed by atoms with van der Waals surface area (Å²) in [6.07, 6.45) is 1.71. The van der Waals surface area contributed by atoms with Crippen LogP contribution in [0.15, 0.2) is 54.6 Å². The molecule has 0 amide bonds. The molecule has 1 heterocycles. The van der Waals surface area contributed by atoms with Crippen LogP contribution in [0.1, 0.15) is 42.9 Å². The average Bonchev–Trinajstić information content (AvgIpc) is 3.58. The van der Waals surface area contributed by atoms with Gasteiger partial charge in [-0.1, -0.05) is 30.3 Å². The molecule has 2 atom stereocenters. The van der Waals surface area contributed by atoms with Gasteiger partial charge in [-0.15, -0.1) is 0 Å². The van der Waals surface area contributed by atoms with Crippen LogP contribution in [0.4, 0.5) is 4.39 Å². The van der Waals surface area contributed by atoms with Crippen molar-refractivity contribution in [1.29, 1.82) is 0 Å². The standard InChI is InChI=1S/C25H24FNO5.Na/c26-17-9-7-15(8-10-17)24-20-3-1-2-4-22(20)27(32)25(16-5-6-16)21(24)12-11-18(28)13-19(29)14-23(30)31;/h1-4,7-12,16,18-19,28-29H,5-6,13-14H2,(H,30,31);/q;+1/p-1/b12-11+;/t18-,19-;/m1./s1. The summed E-state index contributed by atoms with van der Waals surface area (Å²) in [6.45, 7) is 0. The van der Waals surface area contributed by atoms with Gasteiger partial charge in [-0.3, -0.25) is 0 Å². The van der Waals surface area contributed by atoms with Gasteiger partial charge in [0.2, 0.25) is 11.2 Å². The third-order valence-corrected chi connectivity index (χ3v) is 5.65. The smallest absolute Gasteiger partial charge is 0.618 e. The summed E-state index contributed by atoms with van der Waals surface area (Å²) < 4.78 is 14.5. The number of carboxylic acid groups (broad SMARTS) is 1. The Morgan fingerprint density at radius 1 is 1.15 bits per heavy atom. The van der Waals surface area contributed by atoms with Crippen molar-refractivity contribution in [3.05, 3.63) is 76.9 Å². The number of carboxylic acids is 1. The fourth-order valence-corrected chi connectivity index (χ4v) is 4.05. The Morgan fingerprint density at radius 2 is 1.82 bits per heavy atom. The zero-order valence-corrected chi connectivity index (χ0v) is 20.3.